The number of aryl methyl sites for hydroxylation is 1. The molecule has 0 aromatic heterocycles. The molecular weight excluding hydrogens is 655 g/mol. The predicted octanol–water partition coefficient (Wildman–Crippen LogP) is 6.71. The van der Waals surface area contributed by atoms with Crippen molar-refractivity contribution < 1.29 is 36.5 Å². The summed E-state index contributed by atoms with van der Waals surface area (Å²) in [6, 6.07) is 21.2. The van der Waals surface area contributed by atoms with E-state index in [-0.39, 0.29) is 51.5 Å². The van der Waals surface area contributed by atoms with Crippen LogP contribution in [0.15, 0.2) is 95.4 Å². The number of ether oxygens (including phenoxy) is 2. The van der Waals surface area contributed by atoms with Crippen molar-refractivity contribution in [3.63, 3.8) is 0 Å². The number of imide groups is 2. The zero-order chi connectivity index (χ0) is 33.0. The number of nitrogens with one attached hydrogen (secondary N) is 1. The summed E-state index contributed by atoms with van der Waals surface area (Å²) in [6.45, 7) is 3.82. The van der Waals surface area contributed by atoms with Crippen LogP contribution < -0.4 is 23.9 Å². The van der Waals surface area contributed by atoms with Crippen LogP contribution in [0.3, 0.4) is 0 Å². The minimum Gasteiger partial charge on any atom is -0.490 e. The summed E-state index contributed by atoms with van der Waals surface area (Å²) >= 11 is 12.6. The molecule has 1 saturated heterocycles. The van der Waals surface area contributed by atoms with Gasteiger partial charge in [0, 0.05) is 10.6 Å². The zero-order valence-corrected chi connectivity index (χ0v) is 26.8. The summed E-state index contributed by atoms with van der Waals surface area (Å²) < 4.78 is 42.6. The molecule has 13 heteroatoms. The molecule has 0 aliphatic carbocycles. The van der Waals surface area contributed by atoms with E-state index < -0.39 is 28.0 Å². The number of hydrogen-bond acceptors (Lipinski definition) is 8. The molecule has 1 heterocycles. The van der Waals surface area contributed by atoms with Crippen LogP contribution in [-0.2, 0) is 26.3 Å². The zero-order valence-electron chi connectivity index (χ0n) is 24.5. The number of urea groups is 1. The van der Waals surface area contributed by atoms with Crippen molar-refractivity contribution in [3.8, 4) is 17.2 Å². The SMILES string of the molecule is CCOc1cc(/C=C2\C(=O)NC(=O)N(c3ccc(OCc4ccccc4Cl)cc3)C2=O)cc(Cl)c1OS(=O)(=O)c1ccc(C)cc1. The number of nitrogens with zero attached hydrogens (tertiary/aromatic N) is 1. The molecule has 0 spiro atoms. The average Bonchev–Trinajstić information content (AvgIpc) is 3.01. The molecule has 0 unspecified atom stereocenters. The lowest BCUT2D eigenvalue weighted by molar-refractivity contribution is -0.122. The van der Waals surface area contributed by atoms with Gasteiger partial charge in [0.2, 0.25) is 5.75 Å². The van der Waals surface area contributed by atoms with Crippen LogP contribution in [0.5, 0.6) is 17.2 Å². The summed E-state index contributed by atoms with van der Waals surface area (Å²) in [5.41, 5.74) is 1.67. The Morgan fingerprint density at radius 2 is 1.57 bits per heavy atom. The quantitative estimate of drug-likeness (QED) is 0.111. The number of amides is 4. The summed E-state index contributed by atoms with van der Waals surface area (Å²) in [6.07, 6.45) is 1.21. The largest absolute Gasteiger partial charge is 0.490 e. The topological polar surface area (TPSA) is 128 Å². The Hall–Kier alpha value is -4.84. The van der Waals surface area contributed by atoms with Gasteiger partial charge in [-0.2, -0.15) is 8.42 Å². The van der Waals surface area contributed by atoms with Gasteiger partial charge in [0.15, 0.2) is 5.75 Å². The minimum absolute atomic E-state index is 0.0403. The van der Waals surface area contributed by atoms with Gasteiger partial charge in [0.25, 0.3) is 11.8 Å². The van der Waals surface area contributed by atoms with Gasteiger partial charge in [-0.25, -0.2) is 9.69 Å². The molecule has 0 saturated carbocycles. The highest BCUT2D eigenvalue weighted by molar-refractivity contribution is 7.87. The van der Waals surface area contributed by atoms with Gasteiger partial charge in [0.05, 0.1) is 17.3 Å². The fourth-order valence-electron chi connectivity index (χ4n) is 4.40. The first-order valence-electron chi connectivity index (χ1n) is 13.8. The normalized spacial score (nSPS) is 14.3. The lowest BCUT2D eigenvalue weighted by atomic mass is 10.1. The van der Waals surface area contributed by atoms with Gasteiger partial charge >= 0.3 is 16.1 Å². The molecule has 0 bridgehead atoms. The van der Waals surface area contributed by atoms with E-state index in [2.05, 4.69) is 5.32 Å². The first kappa shape index (κ1) is 32.6. The first-order chi connectivity index (χ1) is 22.0. The molecule has 10 nitrogen and oxygen atoms in total. The highest BCUT2D eigenvalue weighted by Gasteiger charge is 2.37. The molecule has 0 radical (unpaired) electrons. The molecule has 1 aliphatic rings. The van der Waals surface area contributed by atoms with Gasteiger partial charge in [-0.15, -0.1) is 0 Å². The van der Waals surface area contributed by atoms with Crippen molar-refractivity contribution in [3.05, 3.63) is 117 Å². The molecule has 46 heavy (non-hydrogen) atoms. The molecule has 1 N–H and O–H groups in total. The highest BCUT2D eigenvalue weighted by Crippen LogP contribution is 2.39. The van der Waals surface area contributed by atoms with E-state index in [1.807, 2.05) is 25.1 Å². The Morgan fingerprint density at radius 3 is 2.24 bits per heavy atom. The molecular formula is C33H26Cl2N2O8S. The van der Waals surface area contributed by atoms with Crippen LogP contribution in [0.2, 0.25) is 10.0 Å². The van der Waals surface area contributed by atoms with E-state index in [0.717, 1.165) is 16.0 Å². The molecule has 236 valence electrons. The number of barbiturate groups is 1. The fourth-order valence-corrected chi connectivity index (χ4v) is 5.86. The van der Waals surface area contributed by atoms with E-state index in [1.165, 1.54) is 42.5 Å². The second-order valence-electron chi connectivity index (χ2n) is 9.95. The third kappa shape index (κ3) is 7.17. The van der Waals surface area contributed by atoms with Gasteiger partial charge in [0.1, 0.15) is 22.8 Å². The van der Waals surface area contributed by atoms with Crippen molar-refractivity contribution >= 4 is 62.9 Å². The van der Waals surface area contributed by atoms with Crippen LogP contribution in [0.4, 0.5) is 10.5 Å². The van der Waals surface area contributed by atoms with E-state index in [9.17, 15) is 22.8 Å². The molecule has 5 rings (SSSR count). The average molecular weight is 682 g/mol. The Morgan fingerprint density at radius 1 is 0.870 bits per heavy atom. The van der Waals surface area contributed by atoms with Crippen LogP contribution in [0, 0.1) is 6.92 Å². The Balaban J connectivity index is 1.40. The second-order valence-corrected chi connectivity index (χ2v) is 12.3. The maximum atomic E-state index is 13.5. The van der Waals surface area contributed by atoms with Crippen LogP contribution in [0.1, 0.15) is 23.6 Å². The molecule has 1 fully saturated rings. The minimum atomic E-state index is -4.28. The lowest BCUT2D eigenvalue weighted by Gasteiger charge is -2.26. The van der Waals surface area contributed by atoms with Crippen LogP contribution >= 0.6 is 23.2 Å². The number of carbonyl (C=O) groups is 3. The smallest absolute Gasteiger partial charge is 0.339 e. The summed E-state index contributed by atoms with van der Waals surface area (Å²) in [7, 11) is -4.28. The maximum absolute atomic E-state index is 13.5. The summed E-state index contributed by atoms with van der Waals surface area (Å²) in [5.74, 6) is -1.66. The van der Waals surface area contributed by atoms with Crippen LogP contribution in [0.25, 0.3) is 6.08 Å². The first-order valence-corrected chi connectivity index (χ1v) is 16.0. The number of hydrogen-bond donors (Lipinski definition) is 1. The van der Waals surface area contributed by atoms with Gasteiger partial charge in [-0.3, -0.25) is 14.9 Å². The molecule has 4 aromatic rings. The second kappa shape index (κ2) is 13.7. The van der Waals surface area contributed by atoms with Crippen molar-refractivity contribution in [1.82, 2.24) is 5.32 Å². The van der Waals surface area contributed by atoms with Crippen LogP contribution in [-0.4, -0.2) is 32.9 Å². The van der Waals surface area contributed by atoms with Gasteiger partial charge < -0.3 is 13.7 Å². The van der Waals surface area contributed by atoms with Crippen molar-refractivity contribution in [2.45, 2.75) is 25.3 Å². The third-order valence-corrected chi connectivity index (χ3v) is 8.58. The highest BCUT2D eigenvalue weighted by atomic mass is 35.5. The molecule has 4 aromatic carbocycles. The Labute approximate surface area is 275 Å². The Bertz CT molecular complexity index is 1960. The monoisotopic (exact) mass is 680 g/mol. The van der Waals surface area contributed by atoms with E-state index in [1.54, 1.807) is 37.3 Å². The van der Waals surface area contributed by atoms with Crippen molar-refractivity contribution in [2.24, 2.45) is 0 Å². The third-order valence-electron chi connectivity index (χ3n) is 6.69. The van der Waals surface area contributed by atoms with E-state index >= 15 is 0 Å². The van der Waals surface area contributed by atoms with Crippen molar-refractivity contribution in [1.29, 1.82) is 0 Å². The summed E-state index contributed by atoms with van der Waals surface area (Å²) in [4.78, 5) is 39.7. The van der Waals surface area contributed by atoms with Gasteiger partial charge in [-0.1, -0.05) is 59.1 Å². The maximum Gasteiger partial charge on any atom is 0.339 e. The number of benzene rings is 4. The standard InChI is InChI=1S/C33H26Cl2N2O8S/c1-3-43-29-18-21(17-28(35)30(29)45-46(41,42)25-14-8-20(2)9-15-25)16-26-31(38)36-33(40)37(32(26)39)23-10-12-24(13-11-23)44-19-22-6-4-5-7-27(22)34/h4-18H,3,19H2,1-2H3,(H,36,38,40)/b26-16+. The number of halogens is 2. The number of rotatable bonds is 10. The van der Waals surface area contributed by atoms with Gasteiger partial charge in [-0.05, 0) is 80.1 Å². The fraction of sp³-hybridized carbons (Fsp3) is 0.121. The van der Waals surface area contributed by atoms with E-state index in [4.69, 9.17) is 36.9 Å². The lowest BCUT2D eigenvalue weighted by Crippen LogP contribution is -2.54. The molecule has 0 atom stereocenters. The Kier molecular flexibility index (Phi) is 9.66. The molecule has 4 amide bonds. The number of anilines is 1. The molecule has 1 aliphatic heterocycles. The summed E-state index contributed by atoms with van der Waals surface area (Å²) in [5, 5.41) is 2.56. The van der Waals surface area contributed by atoms with E-state index in [0.29, 0.717) is 10.8 Å². The number of carbonyl (C=O) groups excluding carboxylic acids is 3. The predicted molar refractivity (Wildman–Crippen MR) is 173 cm³/mol. The van der Waals surface area contributed by atoms with Crippen molar-refractivity contribution in [2.75, 3.05) is 11.5 Å².